The predicted molar refractivity (Wildman–Crippen MR) is 358 cm³/mol. The van der Waals surface area contributed by atoms with Crippen LogP contribution in [-0.2, 0) is 42.9 Å². The van der Waals surface area contributed by atoms with Crippen molar-refractivity contribution >= 4 is 23.9 Å². The second-order valence-corrected chi connectivity index (χ2v) is 22.0. The number of unbranched alkanes of at least 4 members (excludes halogenated alkanes) is 15. The molecule has 6 unspecified atom stereocenters. The number of carboxylic acids is 1. The van der Waals surface area contributed by atoms with E-state index in [9.17, 15) is 34.5 Å². The Bertz CT molecular complexity index is 2120. The van der Waals surface area contributed by atoms with Gasteiger partial charge in [-0.3, -0.25) is 14.4 Å². The number of hydrogen-bond donors (Lipinski definition) is 3. The summed E-state index contributed by atoms with van der Waals surface area (Å²) >= 11 is 0. The third-order valence-electron chi connectivity index (χ3n) is 14.1. The van der Waals surface area contributed by atoms with Gasteiger partial charge in [-0.05, 0) is 122 Å². The number of rotatable bonds is 55. The first-order valence-electron chi connectivity index (χ1n) is 33.5. The van der Waals surface area contributed by atoms with Crippen LogP contribution in [0.15, 0.2) is 158 Å². The molecule has 12 nitrogen and oxygen atoms in total. The van der Waals surface area contributed by atoms with Gasteiger partial charge in [-0.25, -0.2) is 4.79 Å². The van der Waals surface area contributed by atoms with Crippen molar-refractivity contribution in [3.8, 4) is 0 Å². The minimum Gasteiger partial charge on any atom is -0.479 e. The molecule has 0 aromatic rings. The summed E-state index contributed by atoms with van der Waals surface area (Å²) in [6.45, 7) is 5.65. The molecule has 488 valence electrons. The number of carbonyl (C=O) groups excluding carboxylic acids is 3. The van der Waals surface area contributed by atoms with Gasteiger partial charge in [-0.2, -0.15) is 0 Å². The van der Waals surface area contributed by atoms with Crippen LogP contribution in [0.1, 0.15) is 239 Å². The molecule has 1 heterocycles. The van der Waals surface area contributed by atoms with Gasteiger partial charge in [0.15, 0.2) is 24.6 Å². The first-order chi connectivity index (χ1) is 42.6. The Morgan fingerprint density at radius 2 is 0.747 bits per heavy atom. The van der Waals surface area contributed by atoms with E-state index in [4.69, 9.17) is 23.7 Å². The van der Waals surface area contributed by atoms with Gasteiger partial charge >= 0.3 is 23.9 Å². The molecule has 0 bridgehead atoms. The quantitative estimate of drug-likeness (QED) is 0.0228. The first-order valence-corrected chi connectivity index (χ1v) is 33.5. The van der Waals surface area contributed by atoms with E-state index in [0.717, 1.165) is 96.3 Å². The van der Waals surface area contributed by atoms with Crippen molar-refractivity contribution in [1.82, 2.24) is 0 Å². The molecule has 12 heteroatoms. The molecule has 0 saturated carbocycles. The number of ether oxygens (including phenoxy) is 5. The maximum atomic E-state index is 13.2. The van der Waals surface area contributed by atoms with E-state index in [1.165, 1.54) is 70.6 Å². The Hall–Kier alpha value is -5.66. The lowest BCUT2D eigenvalue weighted by Crippen LogP contribution is -2.61. The maximum Gasteiger partial charge on any atom is 0.335 e. The molecule has 1 fully saturated rings. The normalized spacial score (nSPS) is 18.4. The van der Waals surface area contributed by atoms with Crippen molar-refractivity contribution < 1.29 is 58.2 Å². The number of allylic oxidation sites excluding steroid dienone is 26. The predicted octanol–water partition coefficient (Wildman–Crippen LogP) is 18.5. The molecule has 1 aliphatic rings. The summed E-state index contributed by atoms with van der Waals surface area (Å²) in [4.78, 5) is 51.4. The summed E-state index contributed by atoms with van der Waals surface area (Å²) in [6, 6.07) is 0. The average Bonchev–Trinajstić information content (AvgIpc) is 2.56. The number of carboxylic acid groups (broad SMARTS) is 1. The third-order valence-corrected chi connectivity index (χ3v) is 14.1. The van der Waals surface area contributed by atoms with Gasteiger partial charge in [0.25, 0.3) is 0 Å². The zero-order chi connectivity index (χ0) is 63.1. The summed E-state index contributed by atoms with van der Waals surface area (Å²) in [5, 5.41) is 31.6. The lowest BCUT2D eigenvalue weighted by Gasteiger charge is -2.40. The number of hydrogen-bond acceptors (Lipinski definition) is 11. The van der Waals surface area contributed by atoms with Crippen molar-refractivity contribution in [2.75, 3.05) is 13.2 Å². The van der Waals surface area contributed by atoms with Crippen molar-refractivity contribution in [3.63, 3.8) is 0 Å². The standard InChI is InChI=1S/C75H116O12/c1-4-7-10-13-16-19-22-25-28-31-34-37-40-43-46-49-52-55-58-61-67(76)83-64-66(85-68(77)62-59-56-53-50-47-44-41-38-35-32-29-26-23-20-17-14-11-8-5-2)65-84-75-73(71(80)70(79)72(87-75)74(81)82)86-69(78)63-60-57-54-51-48-45-42-39-36-33-30-27-24-21-18-15-12-9-6-3/h7-8,10-11,16-17,19-20,25-30,34-35,37-38,43-44,46-47,52-53,55-56,66,70-73,75,79-80H,4-6,9,12-15,18,21-24,31-33,36,39-42,45,48-51,54,57-65H2,1-3H3,(H,81,82)/b10-7-,11-8-,19-16-,20-17-,28-25-,29-26-,30-27-,37-34-,38-35-,46-43-,47-44-,55-52-,56-53-. The van der Waals surface area contributed by atoms with Gasteiger partial charge in [0.05, 0.1) is 6.61 Å². The molecule has 0 aliphatic carbocycles. The van der Waals surface area contributed by atoms with Crippen molar-refractivity contribution in [2.45, 2.75) is 276 Å². The molecular formula is C75H116O12. The van der Waals surface area contributed by atoms with Gasteiger partial charge in [-0.15, -0.1) is 0 Å². The number of aliphatic carboxylic acids is 1. The molecule has 0 spiro atoms. The van der Waals surface area contributed by atoms with E-state index in [1.54, 1.807) is 0 Å². The summed E-state index contributed by atoms with van der Waals surface area (Å²) in [7, 11) is 0. The monoisotopic (exact) mass is 1210 g/mol. The Morgan fingerprint density at radius 1 is 0.391 bits per heavy atom. The highest BCUT2D eigenvalue weighted by atomic mass is 16.7. The summed E-state index contributed by atoms with van der Waals surface area (Å²) in [5.74, 6) is -3.37. The molecule has 0 radical (unpaired) electrons. The molecule has 87 heavy (non-hydrogen) atoms. The Balaban J connectivity index is 2.76. The van der Waals surface area contributed by atoms with Crippen LogP contribution >= 0.6 is 0 Å². The van der Waals surface area contributed by atoms with Gasteiger partial charge < -0.3 is 39.0 Å². The Kier molecular flexibility index (Phi) is 55.3. The second-order valence-electron chi connectivity index (χ2n) is 22.0. The van der Waals surface area contributed by atoms with Gasteiger partial charge in [0, 0.05) is 19.3 Å². The zero-order valence-electron chi connectivity index (χ0n) is 53.9. The largest absolute Gasteiger partial charge is 0.479 e. The molecule has 1 saturated heterocycles. The van der Waals surface area contributed by atoms with E-state index >= 15 is 0 Å². The fraction of sp³-hybridized carbons (Fsp3) is 0.600. The van der Waals surface area contributed by atoms with Crippen LogP contribution in [0.3, 0.4) is 0 Å². The third kappa shape index (κ3) is 50.0. The van der Waals surface area contributed by atoms with Crippen LogP contribution in [0.4, 0.5) is 0 Å². The van der Waals surface area contributed by atoms with Crippen molar-refractivity contribution in [2.24, 2.45) is 0 Å². The van der Waals surface area contributed by atoms with E-state index in [-0.39, 0.29) is 19.3 Å². The van der Waals surface area contributed by atoms with Gasteiger partial charge in [0.1, 0.15) is 18.8 Å². The molecule has 1 rings (SSSR count). The van der Waals surface area contributed by atoms with Crippen LogP contribution in [0.5, 0.6) is 0 Å². The number of esters is 3. The first kappa shape index (κ1) is 79.4. The van der Waals surface area contributed by atoms with E-state index < -0.39 is 73.9 Å². The smallest absolute Gasteiger partial charge is 0.335 e. The maximum absolute atomic E-state index is 13.2. The number of aliphatic hydroxyl groups excluding tert-OH is 2. The summed E-state index contributed by atoms with van der Waals surface area (Å²) in [5.41, 5.74) is 0. The SMILES string of the molecule is CC/C=C\C/C=C\C/C=C\C/C=C\C/C=C\C/C=C\CCC(=O)OCC(COC1OC(C(=O)O)C(O)C(O)C1OC(=O)CCCCCCCCCCC/C=C\CCCCCCCC)OC(=O)CC/C=C\C/C=C\C/C=C\C/C=C\C/C=C\C/C=C\CC. The van der Waals surface area contributed by atoms with E-state index in [0.29, 0.717) is 32.1 Å². The van der Waals surface area contributed by atoms with Crippen LogP contribution < -0.4 is 0 Å². The molecule has 0 aromatic carbocycles. The van der Waals surface area contributed by atoms with Crippen LogP contribution in [0.25, 0.3) is 0 Å². The highest BCUT2D eigenvalue weighted by Gasteiger charge is 2.50. The highest BCUT2D eigenvalue weighted by molar-refractivity contribution is 5.74. The number of aliphatic hydroxyl groups is 2. The van der Waals surface area contributed by atoms with Crippen molar-refractivity contribution in [3.05, 3.63) is 158 Å². The van der Waals surface area contributed by atoms with E-state index in [1.807, 2.05) is 24.3 Å². The molecule has 0 aromatic heterocycles. The Labute approximate surface area is 526 Å². The lowest BCUT2D eigenvalue weighted by atomic mass is 9.98. The second kappa shape index (κ2) is 60.6. The van der Waals surface area contributed by atoms with E-state index in [2.05, 4.69) is 154 Å². The molecule has 1 aliphatic heterocycles. The zero-order valence-corrected chi connectivity index (χ0v) is 53.9. The van der Waals surface area contributed by atoms with Crippen LogP contribution in [0.2, 0.25) is 0 Å². The minimum absolute atomic E-state index is 0.0128. The molecule has 3 N–H and O–H groups in total. The van der Waals surface area contributed by atoms with Gasteiger partial charge in [-0.1, -0.05) is 256 Å². The fourth-order valence-electron chi connectivity index (χ4n) is 9.06. The molecule has 6 atom stereocenters. The summed E-state index contributed by atoms with van der Waals surface area (Å²) < 4.78 is 28.4. The molecule has 0 amide bonds. The average molecular weight is 1210 g/mol. The lowest BCUT2D eigenvalue weighted by molar-refractivity contribution is -0.301. The van der Waals surface area contributed by atoms with Crippen LogP contribution in [0, 0.1) is 0 Å². The highest BCUT2D eigenvalue weighted by Crippen LogP contribution is 2.26. The van der Waals surface area contributed by atoms with Gasteiger partial charge in [0.2, 0.25) is 0 Å². The number of carbonyl (C=O) groups is 4. The Morgan fingerprint density at radius 3 is 1.15 bits per heavy atom. The molecular weight excluding hydrogens is 1090 g/mol. The summed E-state index contributed by atoms with van der Waals surface area (Å²) in [6.07, 6.45) is 76.5. The minimum atomic E-state index is -1.93. The van der Waals surface area contributed by atoms with Crippen molar-refractivity contribution in [1.29, 1.82) is 0 Å². The fourth-order valence-corrected chi connectivity index (χ4v) is 9.06. The topological polar surface area (TPSA) is 175 Å². The van der Waals surface area contributed by atoms with Crippen LogP contribution in [-0.4, -0.2) is 89.2 Å².